The van der Waals surface area contributed by atoms with Gasteiger partial charge >= 0.3 is 6.03 Å². The van der Waals surface area contributed by atoms with Gasteiger partial charge in [0.15, 0.2) is 0 Å². The maximum atomic E-state index is 13.6. The molecule has 29 heavy (non-hydrogen) atoms. The molecule has 0 radical (unpaired) electrons. The Bertz CT molecular complexity index is 912. The van der Waals surface area contributed by atoms with Gasteiger partial charge in [0, 0.05) is 6.54 Å². The number of hydrogen-bond donors (Lipinski definition) is 0. The number of likely N-dealkylation sites (N-methyl/N-ethyl adjacent to an activating group) is 1. The zero-order valence-electron chi connectivity index (χ0n) is 16.7. The molecule has 1 fully saturated rings. The predicted molar refractivity (Wildman–Crippen MR) is 118 cm³/mol. The first-order valence-corrected chi connectivity index (χ1v) is 11.9. The monoisotopic (exact) mass is 400 g/mol. The first kappa shape index (κ1) is 19.1. The van der Waals surface area contributed by atoms with Crippen molar-refractivity contribution in [1.29, 1.82) is 0 Å². The number of rotatable bonds is 5. The lowest BCUT2D eigenvalue weighted by atomic mass is 10.3. The van der Waals surface area contributed by atoms with Gasteiger partial charge < -0.3 is 4.90 Å². The molecule has 146 valence electrons. The zero-order valence-corrected chi connectivity index (χ0v) is 17.7. The summed E-state index contributed by atoms with van der Waals surface area (Å²) in [5.41, 5.74) is 0. The van der Waals surface area contributed by atoms with Gasteiger partial charge in [-0.3, -0.25) is 9.36 Å². The highest BCUT2D eigenvalue weighted by Crippen LogP contribution is 2.24. The number of imide groups is 1. The quantitative estimate of drug-likeness (QED) is 0.375. The number of hydrogen-bond acceptors (Lipinski definition) is 2. The van der Waals surface area contributed by atoms with Crippen molar-refractivity contribution in [2.75, 3.05) is 6.54 Å². The molecule has 1 heterocycles. The largest absolute Gasteiger partial charge is 0.320 e. The van der Waals surface area contributed by atoms with Crippen LogP contribution in [0, 0.1) is 0 Å². The molecule has 0 saturated carbocycles. The molecule has 1 aliphatic heterocycles. The Balaban J connectivity index is 2.09. The third-order valence-corrected chi connectivity index (χ3v) is 10.3. The highest BCUT2D eigenvalue weighted by atomic mass is 28.3. The molecule has 1 atom stereocenters. The van der Waals surface area contributed by atoms with Crippen LogP contribution in [-0.2, 0) is 4.79 Å². The van der Waals surface area contributed by atoms with Crippen LogP contribution in [0.2, 0.25) is 0 Å². The lowest BCUT2D eigenvalue weighted by molar-refractivity contribution is -0.125. The Hall–Kier alpha value is -3.18. The summed E-state index contributed by atoms with van der Waals surface area (Å²) in [4.78, 5) is 28.8. The molecule has 1 unspecified atom stereocenters. The highest BCUT2D eigenvalue weighted by Gasteiger charge is 2.57. The van der Waals surface area contributed by atoms with Gasteiger partial charge in [-0.25, -0.2) is 4.79 Å². The van der Waals surface area contributed by atoms with Gasteiger partial charge in [-0.05, 0) is 29.4 Å². The molecule has 1 aliphatic rings. The van der Waals surface area contributed by atoms with Crippen molar-refractivity contribution in [3.8, 4) is 0 Å². The highest BCUT2D eigenvalue weighted by molar-refractivity contribution is 7.11. The van der Waals surface area contributed by atoms with E-state index in [2.05, 4.69) is 0 Å². The van der Waals surface area contributed by atoms with Crippen LogP contribution in [0.25, 0.3) is 0 Å². The molecule has 5 heteroatoms. The smallest absolute Gasteiger partial charge is 0.313 e. The van der Waals surface area contributed by atoms with Crippen LogP contribution in [0.1, 0.15) is 13.8 Å². The number of carbonyl (C=O) groups is 2. The van der Waals surface area contributed by atoms with Gasteiger partial charge in [0.25, 0.3) is 8.24 Å². The number of benzene rings is 3. The summed E-state index contributed by atoms with van der Waals surface area (Å²) >= 11 is 0. The second kappa shape index (κ2) is 7.68. The minimum absolute atomic E-state index is 0.125. The van der Waals surface area contributed by atoms with Crippen LogP contribution < -0.4 is 15.6 Å². The van der Waals surface area contributed by atoms with E-state index in [1.165, 1.54) is 0 Å². The summed E-state index contributed by atoms with van der Waals surface area (Å²) in [6.07, 6.45) is 0. The summed E-state index contributed by atoms with van der Waals surface area (Å²) in [5, 5.41) is 3.05. The third-order valence-electron chi connectivity index (χ3n) is 5.73. The van der Waals surface area contributed by atoms with E-state index in [9.17, 15) is 9.59 Å². The summed E-state index contributed by atoms with van der Waals surface area (Å²) < 4.78 is 1.60. The van der Waals surface area contributed by atoms with Crippen LogP contribution >= 0.6 is 0 Å². The van der Waals surface area contributed by atoms with Crippen molar-refractivity contribution in [2.24, 2.45) is 0 Å². The molecule has 0 aliphatic carbocycles. The molecule has 3 aromatic carbocycles. The Morgan fingerprint density at radius 3 is 1.41 bits per heavy atom. The molecule has 0 spiro atoms. The molecule has 4 rings (SSSR count). The fourth-order valence-corrected chi connectivity index (χ4v) is 9.08. The lowest BCUT2D eigenvalue weighted by Gasteiger charge is -2.39. The van der Waals surface area contributed by atoms with Crippen LogP contribution in [0.4, 0.5) is 4.79 Å². The molecule has 3 aromatic rings. The molecule has 1 saturated heterocycles. The van der Waals surface area contributed by atoms with Gasteiger partial charge in [-0.2, -0.15) is 0 Å². The molecular formula is C24H24N2O2Si. The number of nitrogens with zero attached hydrogens (tertiary/aromatic N) is 2. The molecule has 4 nitrogen and oxygen atoms in total. The first-order chi connectivity index (χ1) is 14.1. The van der Waals surface area contributed by atoms with Crippen molar-refractivity contribution in [3.63, 3.8) is 0 Å². The van der Waals surface area contributed by atoms with Crippen molar-refractivity contribution >= 4 is 35.7 Å². The van der Waals surface area contributed by atoms with Gasteiger partial charge in [0.1, 0.15) is 6.04 Å². The van der Waals surface area contributed by atoms with Gasteiger partial charge in [0.05, 0.1) is 0 Å². The van der Waals surface area contributed by atoms with Crippen molar-refractivity contribution in [1.82, 2.24) is 9.47 Å². The van der Waals surface area contributed by atoms with E-state index in [1.54, 1.807) is 9.47 Å². The van der Waals surface area contributed by atoms with E-state index >= 15 is 0 Å². The van der Waals surface area contributed by atoms with E-state index in [0.717, 1.165) is 15.6 Å². The van der Waals surface area contributed by atoms with Crippen LogP contribution in [0.15, 0.2) is 91.0 Å². The third kappa shape index (κ3) is 2.89. The predicted octanol–water partition coefficient (Wildman–Crippen LogP) is 2.33. The minimum atomic E-state index is -3.12. The van der Waals surface area contributed by atoms with Gasteiger partial charge in [0.2, 0.25) is 5.91 Å². The van der Waals surface area contributed by atoms with Crippen molar-refractivity contribution in [3.05, 3.63) is 91.0 Å². The molecule has 0 aromatic heterocycles. The topological polar surface area (TPSA) is 40.6 Å². The number of urea groups is 1. The SMILES string of the molecule is CCN1C(=O)N([Si](c2ccccc2)(c2ccccc2)c2ccccc2)C(=O)C1C. The number of amides is 3. The zero-order chi connectivity index (χ0) is 20.4. The average Bonchev–Trinajstić information content (AvgIpc) is 3.00. The average molecular weight is 401 g/mol. The Labute approximate surface area is 172 Å². The van der Waals surface area contributed by atoms with E-state index in [-0.39, 0.29) is 11.9 Å². The minimum Gasteiger partial charge on any atom is -0.313 e. The van der Waals surface area contributed by atoms with Crippen molar-refractivity contribution in [2.45, 2.75) is 19.9 Å². The molecular weight excluding hydrogens is 376 g/mol. The van der Waals surface area contributed by atoms with E-state index in [1.807, 2.05) is 105 Å². The van der Waals surface area contributed by atoms with E-state index in [4.69, 9.17) is 0 Å². The molecule has 0 bridgehead atoms. The molecule has 0 N–H and O–H groups in total. The fourth-order valence-electron chi connectivity index (χ4n) is 4.35. The van der Waals surface area contributed by atoms with Crippen LogP contribution in [-0.4, -0.2) is 42.2 Å². The second-order valence-corrected chi connectivity index (χ2v) is 10.8. The lowest BCUT2D eigenvalue weighted by Crippen LogP contribution is -2.78. The number of carbonyl (C=O) groups excluding carboxylic acids is 2. The van der Waals surface area contributed by atoms with E-state index in [0.29, 0.717) is 6.54 Å². The second-order valence-electron chi connectivity index (χ2n) is 7.23. The van der Waals surface area contributed by atoms with E-state index < -0.39 is 14.3 Å². The summed E-state index contributed by atoms with van der Waals surface area (Å²) in [6.45, 7) is 4.25. The standard InChI is InChI=1S/C24H24N2O2Si/c1-3-25-19(2)23(27)26(24(25)28)29(20-13-7-4-8-14-20,21-15-9-5-10-16-21)22-17-11-6-12-18-22/h4-19H,3H2,1-2H3. The summed E-state index contributed by atoms with van der Waals surface area (Å²) in [6, 6.07) is 29.4. The van der Waals surface area contributed by atoms with Crippen molar-refractivity contribution < 1.29 is 9.59 Å². The molecule has 3 amide bonds. The van der Waals surface area contributed by atoms with Crippen LogP contribution in [0.3, 0.4) is 0 Å². The van der Waals surface area contributed by atoms with Gasteiger partial charge in [-0.1, -0.05) is 91.0 Å². The normalized spacial score (nSPS) is 17.1. The Morgan fingerprint density at radius 2 is 1.10 bits per heavy atom. The fraction of sp³-hybridized carbons (Fsp3) is 0.167. The Morgan fingerprint density at radius 1 is 0.724 bits per heavy atom. The summed E-state index contributed by atoms with van der Waals surface area (Å²) in [5.74, 6) is -0.125. The van der Waals surface area contributed by atoms with Crippen LogP contribution in [0.5, 0.6) is 0 Å². The maximum absolute atomic E-state index is 13.6. The van der Waals surface area contributed by atoms with Gasteiger partial charge in [-0.15, -0.1) is 0 Å². The summed E-state index contributed by atoms with van der Waals surface area (Å²) in [7, 11) is -3.12. The maximum Gasteiger partial charge on any atom is 0.320 e. The first-order valence-electron chi connectivity index (χ1n) is 9.93. The Kier molecular flexibility index (Phi) is 5.07.